The molecule has 3 aliphatic rings. The molecule has 11 nitrogen and oxygen atoms in total. The summed E-state index contributed by atoms with van der Waals surface area (Å²) in [6, 6.07) is 0.802. The molecule has 1 saturated carbocycles. The van der Waals surface area contributed by atoms with E-state index >= 15 is 0 Å². The SMILES string of the molecule is Cn1nccc1C(=O)N[C@H](c1cn2nc(C[C@H]3C[C@@H](C(F)(F)F)CNC3=O)c(C3(C)CCOCC3)nc2n1)C1CCC(F)(F)CC1. The summed E-state index contributed by atoms with van der Waals surface area (Å²) < 4.78 is 77.5. The standard InChI is InChI=1S/C30H37F5N8O3/c1-28(8-11-46-12-9-28)24-20(14-18-13-19(30(33,34)35)15-36-25(18)44)41-43-16-21(38-27(43)40-24)23(17-3-6-29(31,32)7-4-17)39-26(45)22-5-10-37-42(22)2/h5,10,16-19,23H,3-4,6-9,11-15H2,1-2H3,(H,36,44)(H,39,45)/t18-,19-,23+/m1/s1. The van der Waals surface area contributed by atoms with Crippen LogP contribution in [0.25, 0.3) is 5.78 Å². The van der Waals surface area contributed by atoms with Crippen LogP contribution in [0.2, 0.25) is 0 Å². The summed E-state index contributed by atoms with van der Waals surface area (Å²) in [6.07, 6.45) is -0.984. The molecule has 3 aromatic rings. The van der Waals surface area contributed by atoms with Crippen molar-refractivity contribution in [2.75, 3.05) is 19.8 Å². The Bertz CT molecular complexity index is 1590. The highest BCUT2D eigenvalue weighted by Crippen LogP contribution is 2.42. The number of hydrogen-bond donors (Lipinski definition) is 2. The predicted octanol–water partition coefficient (Wildman–Crippen LogP) is 4.08. The van der Waals surface area contributed by atoms with Crippen molar-refractivity contribution in [3.05, 3.63) is 41.2 Å². The maximum Gasteiger partial charge on any atom is 0.393 e. The summed E-state index contributed by atoms with van der Waals surface area (Å²) in [7, 11) is 1.62. The molecule has 0 spiro atoms. The number of carbonyl (C=O) groups excluding carboxylic acids is 2. The fraction of sp³-hybridized carbons (Fsp3) is 0.667. The normalized spacial score (nSPS) is 24.5. The first-order chi connectivity index (χ1) is 21.7. The summed E-state index contributed by atoms with van der Waals surface area (Å²) in [4.78, 5) is 35.7. The van der Waals surface area contributed by atoms with Crippen molar-refractivity contribution in [1.29, 1.82) is 0 Å². The van der Waals surface area contributed by atoms with Crippen LogP contribution >= 0.6 is 0 Å². The summed E-state index contributed by atoms with van der Waals surface area (Å²) in [5.74, 6) is -6.48. The Kier molecular flexibility index (Phi) is 8.52. The molecule has 3 fully saturated rings. The molecule has 0 radical (unpaired) electrons. The highest BCUT2D eigenvalue weighted by atomic mass is 19.4. The number of hydrogen-bond acceptors (Lipinski definition) is 7. The number of nitrogens with one attached hydrogen (secondary N) is 2. The van der Waals surface area contributed by atoms with E-state index in [0.717, 1.165) is 0 Å². The number of carbonyl (C=O) groups is 2. The lowest BCUT2D eigenvalue weighted by Crippen LogP contribution is -2.47. The molecular weight excluding hydrogens is 615 g/mol. The second kappa shape index (κ2) is 12.2. The fourth-order valence-corrected chi connectivity index (χ4v) is 6.90. The molecule has 6 rings (SSSR count). The zero-order chi connectivity index (χ0) is 32.9. The maximum absolute atomic E-state index is 14.1. The van der Waals surface area contributed by atoms with Gasteiger partial charge in [-0.05, 0) is 44.1 Å². The van der Waals surface area contributed by atoms with E-state index in [0.29, 0.717) is 43.1 Å². The van der Waals surface area contributed by atoms with Gasteiger partial charge in [0.1, 0.15) is 5.69 Å². The molecule has 3 atom stereocenters. The first-order valence-electron chi connectivity index (χ1n) is 15.6. The van der Waals surface area contributed by atoms with Crippen LogP contribution < -0.4 is 10.6 Å². The lowest BCUT2D eigenvalue weighted by Gasteiger charge is -2.35. The number of fused-ring (bicyclic) bond motifs is 1. The molecule has 0 unspecified atom stereocenters. The molecule has 1 aliphatic carbocycles. The molecule has 0 bridgehead atoms. The average molecular weight is 653 g/mol. The molecule has 2 aliphatic heterocycles. The van der Waals surface area contributed by atoms with Gasteiger partial charge in [0, 0.05) is 63.6 Å². The summed E-state index contributed by atoms with van der Waals surface area (Å²) in [5.41, 5.74) is 1.04. The van der Waals surface area contributed by atoms with Gasteiger partial charge in [0.05, 0.1) is 35.2 Å². The zero-order valence-electron chi connectivity index (χ0n) is 25.6. The van der Waals surface area contributed by atoms with Gasteiger partial charge in [-0.3, -0.25) is 14.3 Å². The molecule has 250 valence electrons. The fourth-order valence-electron chi connectivity index (χ4n) is 6.90. The van der Waals surface area contributed by atoms with Crippen LogP contribution in [0.15, 0.2) is 18.5 Å². The van der Waals surface area contributed by atoms with Gasteiger partial charge in [0.15, 0.2) is 0 Å². The van der Waals surface area contributed by atoms with Crippen molar-refractivity contribution in [2.45, 2.75) is 81.8 Å². The van der Waals surface area contributed by atoms with E-state index < -0.39 is 53.8 Å². The van der Waals surface area contributed by atoms with E-state index in [1.807, 2.05) is 6.92 Å². The number of aryl methyl sites for hydroxylation is 1. The van der Waals surface area contributed by atoms with Crippen LogP contribution in [-0.2, 0) is 28.4 Å². The lowest BCUT2D eigenvalue weighted by molar-refractivity contribution is -0.183. The van der Waals surface area contributed by atoms with Crippen LogP contribution in [0.4, 0.5) is 22.0 Å². The average Bonchev–Trinajstić information content (AvgIpc) is 3.62. The smallest absolute Gasteiger partial charge is 0.381 e. The highest BCUT2D eigenvalue weighted by Gasteiger charge is 2.46. The third-order valence-corrected chi connectivity index (χ3v) is 9.83. The summed E-state index contributed by atoms with van der Waals surface area (Å²) in [6.45, 7) is 2.44. The number of amides is 2. The van der Waals surface area contributed by atoms with Crippen LogP contribution in [-0.4, -0.2) is 73.0 Å². The second-order valence-electron chi connectivity index (χ2n) is 13.1. The number of nitrogens with zero attached hydrogens (tertiary/aromatic N) is 6. The highest BCUT2D eigenvalue weighted by molar-refractivity contribution is 5.92. The summed E-state index contributed by atoms with van der Waals surface area (Å²) >= 11 is 0. The maximum atomic E-state index is 14.1. The van der Waals surface area contributed by atoms with Gasteiger partial charge in [-0.15, -0.1) is 0 Å². The number of rotatable bonds is 7. The number of alkyl halides is 5. The third-order valence-electron chi connectivity index (χ3n) is 9.83. The Hall–Kier alpha value is -3.69. The quantitative estimate of drug-likeness (QED) is 0.368. The van der Waals surface area contributed by atoms with Gasteiger partial charge in [0.25, 0.3) is 11.7 Å². The Balaban J connectivity index is 1.38. The van der Waals surface area contributed by atoms with E-state index in [2.05, 4.69) is 15.7 Å². The van der Waals surface area contributed by atoms with Gasteiger partial charge in [0.2, 0.25) is 11.8 Å². The molecule has 46 heavy (non-hydrogen) atoms. The number of imidazole rings is 1. The third kappa shape index (κ3) is 6.58. The second-order valence-corrected chi connectivity index (χ2v) is 13.1. The van der Waals surface area contributed by atoms with Gasteiger partial charge < -0.3 is 15.4 Å². The number of piperidine rings is 1. The van der Waals surface area contributed by atoms with Crippen molar-refractivity contribution in [3.8, 4) is 0 Å². The van der Waals surface area contributed by atoms with E-state index in [1.54, 1.807) is 19.3 Å². The molecular formula is C30H37F5N8O3. The van der Waals surface area contributed by atoms with Crippen molar-refractivity contribution in [1.82, 2.24) is 40.0 Å². The minimum atomic E-state index is -4.45. The monoisotopic (exact) mass is 652 g/mol. The van der Waals surface area contributed by atoms with E-state index in [-0.39, 0.29) is 55.9 Å². The molecule has 16 heteroatoms. The van der Waals surface area contributed by atoms with E-state index in [4.69, 9.17) is 19.8 Å². The van der Waals surface area contributed by atoms with Crippen molar-refractivity contribution < 1.29 is 36.3 Å². The summed E-state index contributed by atoms with van der Waals surface area (Å²) in [5, 5.41) is 14.2. The van der Waals surface area contributed by atoms with Crippen LogP contribution in [0, 0.1) is 17.8 Å². The number of aromatic nitrogens is 6. The first kappa shape index (κ1) is 32.3. The molecule has 2 amide bonds. The Morgan fingerprint density at radius 3 is 2.54 bits per heavy atom. The predicted molar refractivity (Wildman–Crippen MR) is 153 cm³/mol. The molecule has 0 aromatic carbocycles. The topological polar surface area (TPSA) is 128 Å². The van der Waals surface area contributed by atoms with Crippen molar-refractivity contribution in [3.63, 3.8) is 0 Å². The van der Waals surface area contributed by atoms with Gasteiger partial charge in [-0.2, -0.15) is 23.4 Å². The van der Waals surface area contributed by atoms with Gasteiger partial charge >= 0.3 is 6.18 Å². The minimum Gasteiger partial charge on any atom is -0.381 e. The first-order valence-corrected chi connectivity index (χ1v) is 15.6. The number of ether oxygens (including phenoxy) is 1. The molecule has 5 heterocycles. The minimum absolute atomic E-state index is 0.0565. The molecule has 2 saturated heterocycles. The molecule has 3 aromatic heterocycles. The number of halogens is 5. The molecule has 2 N–H and O–H groups in total. The van der Waals surface area contributed by atoms with Gasteiger partial charge in [-0.25, -0.2) is 23.3 Å². The van der Waals surface area contributed by atoms with Crippen molar-refractivity contribution >= 4 is 17.6 Å². The van der Waals surface area contributed by atoms with Crippen molar-refractivity contribution in [2.24, 2.45) is 24.8 Å². The van der Waals surface area contributed by atoms with Crippen LogP contribution in [0.1, 0.15) is 85.5 Å². The zero-order valence-corrected chi connectivity index (χ0v) is 25.6. The van der Waals surface area contributed by atoms with Crippen LogP contribution in [0.3, 0.4) is 0 Å². The van der Waals surface area contributed by atoms with Crippen LogP contribution in [0.5, 0.6) is 0 Å². The van der Waals surface area contributed by atoms with Gasteiger partial charge in [-0.1, -0.05) is 6.92 Å². The Morgan fingerprint density at radius 1 is 1.17 bits per heavy atom. The Labute approximate surface area is 261 Å². The largest absolute Gasteiger partial charge is 0.393 e. The Morgan fingerprint density at radius 2 is 1.89 bits per heavy atom. The van der Waals surface area contributed by atoms with E-state index in [9.17, 15) is 31.5 Å². The van der Waals surface area contributed by atoms with E-state index in [1.165, 1.54) is 15.4 Å². The lowest BCUT2D eigenvalue weighted by atomic mass is 9.76.